The number of aromatic amines is 1. The molecule has 0 saturated carbocycles. The maximum atomic E-state index is 12.8. The smallest absolute Gasteiger partial charge is 0.355 e. The molecule has 1 amide bonds. The van der Waals surface area contributed by atoms with Crippen LogP contribution in [0, 0.1) is 13.8 Å². The highest BCUT2D eigenvalue weighted by atomic mass is 32.1. The van der Waals surface area contributed by atoms with Crippen molar-refractivity contribution in [1.29, 1.82) is 0 Å². The van der Waals surface area contributed by atoms with Crippen molar-refractivity contribution in [3.8, 4) is 0 Å². The van der Waals surface area contributed by atoms with E-state index < -0.39 is 23.9 Å². The van der Waals surface area contributed by atoms with Crippen LogP contribution in [-0.2, 0) is 27.1 Å². The molecule has 9 heteroatoms. The number of fused-ring (bicyclic) bond motifs is 1. The van der Waals surface area contributed by atoms with Crippen LogP contribution in [0.4, 0.5) is 5.00 Å². The molecule has 2 N–H and O–H groups in total. The standard InChI is InChI=1S/C23H28N2O6S/c1-6-30-22(28)18-15-9-7-8-10-16(15)32-21(18)25-20(27)14(5)31-23(29)19-11(2)17(13(4)26)12(3)24-19/h14,24H,6-10H2,1-5H3,(H,25,27). The monoisotopic (exact) mass is 460 g/mol. The van der Waals surface area contributed by atoms with Gasteiger partial charge < -0.3 is 19.8 Å². The quantitative estimate of drug-likeness (QED) is 0.474. The number of carbonyl (C=O) groups excluding carboxylic acids is 4. The summed E-state index contributed by atoms with van der Waals surface area (Å²) in [7, 11) is 0. The second kappa shape index (κ2) is 9.68. The van der Waals surface area contributed by atoms with E-state index in [2.05, 4.69) is 10.3 Å². The molecule has 0 fully saturated rings. The van der Waals surface area contributed by atoms with E-state index in [0.717, 1.165) is 36.1 Å². The second-order valence-corrected chi connectivity index (χ2v) is 8.96. The molecule has 1 unspecified atom stereocenters. The van der Waals surface area contributed by atoms with Crippen molar-refractivity contribution in [2.45, 2.75) is 66.4 Å². The summed E-state index contributed by atoms with van der Waals surface area (Å²) >= 11 is 1.37. The number of aromatic nitrogens is 1. The largest absolute Gasteiger partial charge is 0.462 e. The number of ketones is 1. The minimum Gasteiger partial charge on any atom is -0.462 e. The van der Waals surface area contributed by atoms with Gasteiger partial charge in [0.25, 0.3) is 5.91 Å². The molecule has 1 aliphatic rings. The Labute approximate surface area is 190 Å². The maximum Gasteiger partial charge on any atom is 0.355 e. The third-order valence-electron chi connectivity index (χ3n) is 5.53. The summed E-state index contributed by atoms with van der Waals surface area (Å²) in [5.74, 6) is -1.89. The van der Waals surface area contributed by atoms with Gasteiger partial charge in [-0.2, -0.15) is 0 Å². The minimum atomic E-state index is -1.11. The van der Waals surface area contributed by atoms with Crippen molar-refractivity contribution < 1.29 is 28.7 Å². The van der Waals surface area contributed by atoms with Crippen LogP contribution in [0.2, 0.25) is 0 Å². The molecule has 1 aliphatic carbocycles. The van der Waals surface area contributed by atoms with Crippen LogP contribution in [0.5, 0.6) is 0 Å². The first-order valence-corrected chi connectivity index (χ1v) is 11.5. The molecular weight excluding hydrogens is 432 g/mol. The topological polar surface area (TPSA) is 115 Å². The van der Waals surface area contributed by atoms with Gasteiger partial charge in [0, 0.05) is 16.1 Å². The van der Waals surface area contributed by atoms with Gasteiger partial charge in [0.1, 0.15) is 10.7 Å². The van der Waals surface area contributed by atoms with Gasteiger partial charge >= 0.3 is 11.9 Å². The molecule has 32 heavy (non-hydrogen) atoms. The number of Topliss-reactive ketones (excluding diaryl/α,β-unsaturated/α-hetero) is 1. The van der Waals surface area contributed by atoms with Crippen molar-refractivity contribution in [2.75, 3.05) is 11.9 Å². The lowest BCUT2D eigenvalue weighted by Crippen LogP contribution is -2.30. The number of nitrogens with one attached hydrogen (secondary N) is 2. The van der Waals surface area contributed by atoms with E-state index in [1.807, 2.05) is 0 Å². The summed E-state index contributed by atoms with van der Waals surface area (Å²) < 4.78 is 10.5. The van der Waals surface area contributed by atoms with E-state index in [4.69, 9.17) is 9.47 Å². The predicted molar refractivity (Wildman–Crippen MR) is 121 cm³/mol. The molecule has 0 aromatic carbocycles. The van der Waals surface area contributed by atoms with Crippen LogP contribution >= 0.6 is 11.3 Å². The molecule has 1 atom stereocenters. The Balaban J connectivity index is 1.77. The number of rotatable bonds is 7. The molecule has 2 heterocycles. The number of H-pyrrole nitrogens is 1. The van der Waals surface area contributed by atoms with Crippen LogP contribution in [0.1, 0.15) is 86.5 Å². The summed E-state index contributed by atoms with van der Waals surface area (Å²) in [5.41, 5.74) is 2.99. The van der Waals surface area contributed by atoms with Gasteiger partial charge in [-0.15, -0.1) is 11.3 Å². The number of carbonyl (C=O) groups is 4. The van der Waals surface area contributed by atoms with Gasteiger partial charge in [0.15, 0.2) is 11.9 Å². The predicted octanol–water partition coefficient (Wildman–Crippen LogP) is 4.14. The van der Waals surface area contributed by atoms with E-state index in [1.54, 1.807) is 20.8 Å². The fraction of sp³-hybridized carbons (Fsp3) is 0.478. The lowest BCUT2D eigenvalue weighted by molar-refractivity contribution is -0.123. The highest BCUT2D eigenvalue weighted by Crippen LogP contribution is 2.38. The van der Waals surface area contributed by atoms with Crippen LogP contribution in [-0.4, -0.2) is 41.3 Å². The number of thiophene rings is 1. The van der Waals surface area contributed by atoms with Gasteiger partial charge in [-0.1, -0.05) is 0 Å². The lowest BCUT2D eigenvalue weighted by atomic mass is 9.95. The highest BCUT2D eigenvalue weighted by Gasteiger charge is 2.29. The summed E-state index contributed by atoms with van der Waals surface area (Å²) in [5, 5.41) is 3.18. The van der Waals surface area contributed by atoms with Crippen LogP contribution < -0.4 is 5.32 Å². The molecule has 0 bridgehead atoms. The van der Waals surface area contributed by atoms with E-state index in [-0.39, 0.29) is 18.1 Å². The van der Waals surface area contributed by atoms with Crippen molar-refractivity contribution in [2.24, 2.45) is 0 Å². The van der Waals surface area contributed by atoms with E-state index >= 15 is 0 Å². The zero-order chi connectivity index (χ0) is 23.6. The van der Waals surface area contributed by atoms with Crippen molar-refractivity contribution >= 4 is 40.0 Å². The zero-order valence-corrected chi connectivity index (χ0v) is 19.8. The number of ether oxygens (including phenoxy) is 2. The third kappa shape index (κ3) is 4.62. The van der Waals surface area contributed by atoms with Crippen molar-refractivity contribution in [3.63, 3.8) is 0 Å². The van der Waals surface area contributed by atoms with Gasteiger partial charge in [-0.3, -0.25) is 9.59 Å². The molecule has 172 valence electrons. The lowest BCUT2D eigenvalue weighted by Gasteiger charge is -2.14. The molecule has 0 aliphatic heterocycles. The molecule has 0 saturated heterocycles. The first-order valence-electron chi connectivity index (χ1n) is 10.7. The number of hydrogen-bond donors (Lipinski definition) is 2. The van der Waals surface area contributed by atoms with Gasteiger partial charge in [0.2, 0.25) is 0 Å². The maximum absolute atomic E-state index is 12.8. The van der Waals surface area contributed by atoms with Gasteiger partial charge in [-0.05, 0) is 71.4 Å². The molecule has 0 spiro atoms. The first kappa shape index (κ1) is 23.7. The average molecular weight is 461 g/mol. The summed E-state index contributed by atoms with van der Waals surface area (Å²) in [6.45, 7) is 8.22. The number of amides is 1. The Morgan fingerprint density at radius 2 is 1.78 bits per heavy atom. The number of aryl methyl sites for hydroxylation is 2. The summed E-state index contributed by atoms with van der Waals surface area (Å²) in [4.78, 5) is 53.7. The van der Waals surface area contributed by atoms with Crippen molar-refractivity contribution in [3.05, 3.63) is 38.5 Å². The normalized spacial score (nSPS) is 13.8. The van der Waals surface area contributed by atoms with Gasteiger partial charge in [0.05, 0.1) is 12.2 Å². The Bertz CT molecular complexity index is 1080. The Morgan fingerprint density at radius 1 is 1.09 bits per heavy atom. The summed E-state index contributed by atoms with van der Waals surface area (Å²) in [6.07, 6.45) is 2.53. The molecule has 0 radical (unpaired) electrons. The first-order chi connectivity index (χ1) is 15.1. The molecule has 8 nitrogen and oxygen atoms in total. The van der Waals surface area contributed by atoms with E-state index in [0.29, 0.717) is 27.4 Å². The van der Waals surface area contributed by atoms with E-state index in [9.17, 15) is 19.2 Å². The summed E-state index contributed by atoms with van der Waals surface area (Å²) in [6, 6.07) is 0. The molecule has 2 aromatic heterocycles. The average Bonchev–Trinajstić information content (AvgIpc) is 3.24. The van der Waals surface area contributed by atoms with Crippen LogP contribution in [0.25, 0.3) is 0 Å². The van der Waals surface area contributed by atoms with Crippen molar-refractivity contribution in [1.82, 2.24) is 4.98 Å². The van der Waals surface area contributed by atoms with E-state index in [1.165, 1.54) is 25.2 Å². The van der Waals surface area contributed by atoms with Crippen LogP contribution in [0.15, 0.2) is 0 Å². The molecular formula is C23H28N2O6S. The number of esters is 2. The fourth-order valence-corrected chi connectivity index (χ4v) is 5.32. The highest BCUT2D eigenvalue weighted by molar-refractivity contribution is 7.17. The Kier molecular flexibility index (Phi) is 7.18. The Morgan fingerprint density at radius 3 is 2.41 bits per heavy atom. The van der Waals surface area contributed by atoms with Crippen LogP contribution in [0.3, 0.4) is 0 Å². The third-order valence-corrected chi connectivity index (χ3v) is 6.74. The Hall–Kier alpha value is -2.94. The zero-order valence-electron chi connectivity index (χ0n) is 19.0. The molecule has 3 rings (SSSR count). The molecule has 2 aromatic rings. The second-order valence-electron chi connectivity index (χ2n) is 7.85. The van der Waals surface area contributed by atoms with Gasteiger partial charge in [-0.25, -0.2) is 9.59 Å². The SMILES string of the molecule is CCOC(=O)c1c(NC(=O)C(C)OC(=O)c2[nH]c(C)c(C(C)=O)c2C)sc2c1CCCC2. The number of anilines is 1. The fourth-order valence-electron chi connectivity index (χ4n) is 4.04. The minimum absolute atomic E-state index is 0.145. The number of hydrogen-bond acceptors (Lipinski definition) is 7.